The van der Waals surface area contributed by atoms with E-state index in [2.05, 4.69) is 28.7 Å². The van der Waals surface area contributed by atoms with Crippen LogP contribution in [0.4, 0.5) is 0 Å². The summed E-state index contributed by atoms with van der Waals surface area (Å²) < 4.78 is 2.02. The number of allylic oxidation sites excluding steroid dienone is 1. The molecule has 42 valence electrons. The Morgan fingerprint density at radius 1 is 1.57 bits per heavy atom. The van der Waals surface area contributed by atoms with Crippen LogP contribution in [-0.4, -0.2) is 5.88 Å². The summed E-state index contributed by atoms with van der Waals surface area (Å²) in [5.74, 6) is 0.779. The van der Waals surface area contributed by atoms with Gasteiger partial charge in [0.05, 0.1) is 0 Å². The first-order valence-electron chi connectivity index (χ1n) is 2.23. The molecule has 0 amide bonds. The van der Waals surface area contributed by atoms with Crippen molar-refractivity contribution < 1.29 is 0 Å². The summed E-state index contributed by atoms with van der Waals surface area (Å²) >= 11 is 7.60. The molecule has 0 radical (unpaired) electrons. The second-order valence-electron chi connectivity index (χ2n) is 1.19. The Kier molecular flexibility index (Phi) is 7.49. The number of hydrogen-bond donors (Lipinski definition) is 0. The van der Waals surface area contributed by atoms with Crippen LogP contribution in [0.2, 0.25) is 0 Å². The van der Waals surface area contributed by atoms with E-state index >= 15 is 0 Å². The van der Waals surface area contributed by atoms with Gasteiger partial charge in [-0.25, -0.2) is 0 Å². The van der Waals surface area contributed by atoms with Crippen LogP contribution in [-0.2, 0) is 0 Å². The zero-order chi connectivity index (χ0) is 5.54. The Morgan fingerprint density at radius 2 is 2.29 bits per heavy atom. The molecule has 0 spiro atoms. The van der Waals surface area contributed by atoms with E-state index in [1.807, 2.05) is 4.08 Å². The molecule has 0 aliphatic carbocycles. The molecule has 0 heterocycles. The molecule has 0 bridgehead atoms. The van der Waals surface area contributed by atoms with Crippen molar-refractivity contribution in [2.24, 2.45) is 0 Å². The van der Waals surface area contributed by atoms with E-state index in [4.69, 9.17) is 11.6 Å². The summed E-state index contributed by atoms with van der Waals surface area (Å²) in [6.45, 7) is 0. The summed E-state index contributed by atoms with van der Waals surface area (Å²) in [6.07, 6.45) is 4.33. The number of alkyl halides is 1. The molecule has 0 nitrogen and oxygen atoms in total. The van der Waals surface area contributed by atoms with E-state index in [1.54, 1.807) is 0 Å². The van der Waals surface area contributed by atoms with Gasteiger partial charge in [-0.05, 0) is 16.9 Å². The maximum atomic E-state index is 5.40. The van der Waals surface area contributed by atoms with Gasteiger partial charge in [-0.15, -0.1) is 11.6 Å². The minimum atomic E-state index is 0.779. The Labute approximate surface area is 63.1 Å². The van der Waals surface area contributed by atoms with Crippen LogP contribution in [0.1, 0.15) is 12.8 Å². The van der Waals surface area contributed by atoms with E-state index in [-0.39, 0.29) is 0 Å². The van der Waals surface area contributed by atoms with Crippen LogP contribution in [0.5, 0.6) is 0 Å². The molecule has 2 heteroatoms. The molecule has 0 unspecified atom stereocenters. The lowest BCUT2D eigenvalue weighted by Gasteiger charge is -1.81. The van der Waals surface area contributed by atoms with Crippen LogP contribution in [0, 0.1) is 0 Å². The zero-order valence-electron chi connectivity index (χ0n) is 4.03. The van der Waals surface area contributed by atoms with Gasteiger partial charge in [-0.1, -0.05) is 28.7 Å². The first-order valence-corrected chi connectivity index (χ1v) is 4.01. The monoisotopic (exact) mass is 230 g/mol. The fourth-order valence-electron chi connectivity index (χ4n) is 0.258. The number of rotatable bonds is 3. The molecule has 0 saturated heterocycles. The summed E-state index contributed by atoms with van der Waals surface area (Å²) in [5.41, 5.74) is 0. The second-order valence-corrected chi connectivity index (χ2v) is 2.29. The SMILES string of the molecule is ClCCC/C=C\I. The van der Waals surface area contributed by atoms with Crippen molar-refractivity contribution in [1.82, 2.24) is 0 Å². The van der Waals surface area contributed by atoms with E-state index in [9.17, 15) is 0 Å². The number of unbranched alkanes of at least 4 members (excludes halogenated alkanes) is 1. The molecular weight excluding hydrogens is 222 g/mol. The highest BCUT2D eigenvalue weighted by molar-refractivity contribution is 14.1. The van der Waals surface area contributed by atoms with Gasteiger partial charge in [-0.2, -0.15) is 0 Å². The van der Waals surface area contributed by atoms with E-state index in [0.29, 0.717) is 0 Å². The summed E-state index contributed by atoms with van der Waals surface area (Å²) in [6, 6.07) is 0. The van der Waals surface area contributed by atoms with Crippen molar-refractivity contribution in [1.29, 1.82) is 0 Å². The Morgan fingerprint density at radius 3 is 2.71 bits per heavy atom. The van der Waals surface area contributed by atoms with Gasteiger partial charge in [-0.3, -0.25) is 0 Å². The highest BCUT2D eigenvalue weighted by Gasteiger charge is 1.75. The van der Waals surface area contributed by atoms with E-state index in [1.165, 1.54) is 0 Å². The van der Waals surface area contributed by atoms with Crippen LogP contribution in [0.25, 0.3) is 0 Å². The average Bonchev–Trinajstić information content (AvgIpc) is 1.69. The van der Waals surface area contributed by atoms with Gasteiger partial charge in [0.1, 0.15) is 0 Å². The molecule has 0 aromatic rings. The quantitative estimate of drug-likeness (QED) is 0.397. The third-order valence-corrected chi connectivity index (χ3v) is 1.37. The summed E-state index contributed by atoms with van der Waals surface area (Å²) in [5, 5.41) is 0. The van der Waals surface area contributed by atoms with Crippen molar-refractivity contribution >= 4 is 34.2 Å². The minimum absolute atomic E-state index is 0.779. The van der Waals surface area contributed by atoms with Gasteiger partial charge in [0, 0.05) is 5.88 Å². The summed E-state index contributed by atoms with van der Waals surface area (Å²) in [7, 11) is 0. The molecule has 0 aliphatic rings. The zero-order valence-corrected chi connectivity index (χ0v) is 6.95. The van der Waals surface area contributed by atoms with Crippen molar-refractivity contribution in [3.05, 3.63) is 10.2 Å². The highest BCUT2D eigenvalue weighted by Crippen LogP contribution is 1.94. The van der Waals surface area contributed by atoms with Gasteiger partial charge >= 0.3 is 0 Å². The molecule has 0 rings (SSSR count). The fraction of sp³-hybridized carbons (Fsp3) is 0.600. The molecule has 7 heavy (non-hydrogen) atoms. The van der Waals surface area contributed by atoms with Gasteiger partial charge in [0.15, 0.2) is 0 Å². The summed E-state index contributed by atoms with van der Waals surface area (Å²) in [4.78, 5) is 0. The Hall–Kier alpha value is 0.760. The van der Waals surface area contributed by atoms with Crippen molar-refractivity contribution in [2.45, 2.75) is 12.8 Å². The topological polar surface area (TPSA) is 0 Å². The maximum absolute atomic E-state index is 5.40. The van der Waals surface area contributed by atoms with Crippen molar-refractivity contribution in [3.63, 3.8) is 0 Å². The highest BCUT2D eigenvalue weighted by atomic mass is 127. The van der Waals surface area contributed by atoms with Gasteiger partial charge < -0.3 is 0 Å². The van der Waals surface area contributed by atoms with Crippen LogP contribution in [0.3, 0.4) is 0 Å². The molecular formula is C5H8ClI. The number of hydrogen-bond acceptors (Lipinski definition) is 0. The molecule has 0 saturated carbocycles. The molecule has 0 N–H and O–H groups in total. The molecule has 0 aromatic heterocycles. The van der Waals surface area contributed by atoms with Crippen molar-refractivity contribution in [2.75, 3.05) is 5.88 Å². The van der Waals surface area contributed by atoms with Crippen LogP contribution in [0.15, 0.2) is 10.2 Å². The lowest BCUT2D eigenvalue weighted by molar-refractivity contribution is 0.969. The lowest BCUT2D eigenvalue weighted by atomic mass is 10.3. The molecule has 0 fully saturated rings. The van der Waals surface area contributed by atoms with Gasteiger partial charge in [0.25, 0.3) is 0 Å². The Bertz CT molecular complexity index is 52.0. The predicted octanol–water partition coefficient (Wildman–Crippen LogP) is 2.95. The first kappa shape index (κ1) is 7.76. The van der Waals surface area contributed by atoms with Crippen molar-refractivity contribution in [3.8, 4) is 0 Å². The predicted molar refractivity (Wildman–Crippen MR) is 43.1 cm³/mol. The average molecular weight is 230 g/mol. The molecule has 0 aliphatic heterocycles. The maximum Gasteiger partial charge on any atom is 0.0226 e. The van der Waals surface area contributed by atoms with Crippen LogP contribution < -0.4 is 0 Å². The third kappa shape index (κ3) is 6.76. The molecule has 0 aromatic carbocycles. The van der Waals surface area contributed by atoms with Gasteiger partial charge in [0.2, 0.25) is 0 Å². The first-order chi connectivity index (χ1) is 3.41. The third-order valence-electron chi connectivity index (χ3n) is 0.594. The van der Waals surface area contributed by atoms with Crippen LogP contribution >= 0.6 is 34.2 Å². The molecule has 0 atom stereocenters. The van der Waals surface area contributed by atoms with E-state index in [0.717, 1.165) is 18.7 Å². The van der Waals surface area contributed by atoms with E-state index < -0.39 is 0 Å². The largest absolute Gasteiger partial charge is 0.127 e. The Balaban J connectivity index is 2.69. The standard InChI is InChI=1S/C5H8ClI/c6-4-2-1-3-5-7/h3,5H,1-2,4H2/b5-3-. The number of halogens is 2. The fourth-order valence-corrected chi connectivity index (χ4v) is 0.772. The minimum Gasteiger partial charge on any atom is -0.127 e. The lowest BCUT2D eigenvalue weighted by Crippen LogP contribution is -1.68. The second kappa shape index (κ2) is 6.76. The smallest absolute Gasteiger partial charge is 0.0226 e. The normalized spacial score (nSPS) is 10.6.